The molecule has 0 bridgehead atoms. The summed E-state index contributed by atoms with van der Waals surface area (Å²) in [4.78, 5) is 11.1. The summed E-state index contributed by atoms with van der Waals surface area (Å²) in [6.07, 6.45) is 2.18. The van der Waals surface area contributed by atoms with Gasteiger partial charge in [-0.1, -0.05) is 0 Å². The molecule has 0 saturated heterocycles. The lowest BCUT2D eigenvalue weighted by Gasteiger charge is -2.13. The summed E-state index contributed by atoms with van der Waals surface area (Å²) in [6.45, 7) is 0.688. The highest BCUT2D eigenvalue weighted by molar-refractivity contribution is 5.78. The second kappa shape index (κ2) is 4.94. The number of carbonyl (C=O) groups is 1. The maximum atomic E-state index is 11.1. The molecule has 0 radical (unpaired) electrons. The first-order valence-corrected chi connectivity index (χ1v) is 4.72. The summed E-state index contributed by atoms with van der Waals surface area (Å²) in [5.41, 5.74) is -0.202. The lowest BCUT2D eigenvalue weighted by Crippen LogP contribution is -2.42. The third-order valence-electron chi connectivity index (χ3n) is 2.34. The first kappa shape index (κ1) is 11.0. The van der Waals surface area contributed by atoms with Crippen LogP contribution in [0.5, 0.6) is 0 Å². The van der Waals surface area contributed by atoms with Crippen molar-refractivity contribution in [1.82, 2.24) is 10.6 Å². The average molecular weight is 197 g/mol. The zero-order valence-corrected chi connectivity index (χ0v) is 8.05. The number of amides is 1. The number of hydrogen-bond donors (Lipinski definition) is 3. The normalized spacial score (nSPS) is 17.1. The van der Waals surface area contributed by atoms with Crippen molar-refractivity contribution in [2.24, 2.45) is 0 Å². The van der Waals surface area contributed by atoms with Crippen LogP contribution >= 0.6 is 0 Å². The molecule has 3 N–H and O–H groups in total. The van der Waals surface area contributed by atoms with Crippen molar-refractivity contribution in [3.63, 3.8) is 0 Å². The molecule has 0 aromatic carbocycles. The average Bonchev–Trinajstić information content (AvgIpc) is 2.96. The van der Waals surface area contributed by atoms with E-state index in [4.69, 9.17) is 10.4 Å². The molecule has 1 aliphatic carbocycles. The minimum atomic E-state index is -0.202. The maximum absolute atomic E-state index is 11.1. The van der Waals surface area contributed by atoms with Crippen molar-refractivity contribution in [3.05, 3.63) is 0 Å². The highest BCUT2D eigenvalue weighted by Crippen LogP contribution is 2.34. The molecule has 1 aliphatic rings. The van der Waals surface area contributed by atoms with Gasteiger partial charge in [0.05, 0.1) is 25.6 Å². The van der Waals surface area contributed by atoms with Crippen LogP contribution in [0.3, 0.4) is 0 Å². The van der Waals surface area contributed by atoms with Crippen LogP contribution in [0, 0.1) is 11.3 Å². The molecule has 78 valence electrons. The Kier molecular flexibility index (Phi) is 3.86. The van der Waals surface area contributed by atoms with Crippen molar-refractivity contribution in [1.29, 1.82) is 5.26 Å². The Bertz CT molecular complexity index is 243. The van der Waals surface area contributed by atoms with E-state index in [1.54, 1.807) is 0 Å². The lowest BCUT2D eigenvalue weighted by molar-refractivity contribution is -0.120. The number of aliphatic hydroxyl groups is 1. The molecule has 0 aromatic rings. The van der Waals surface area contributed by atoms with E-state index in [-0.39, 0.29) is 24.6 Å². The van der Waals surface area contributed by atoms with E-state index in [2.05, 4.69) is 10.6 Å². The molecule has 0 unspecified atom stereocenters. The zero-order chi connectivity index (χ0) is 10.4. The van der Waals surface area contributed by atoms with Crippen molar-refractivity contribution in [2.75, 3.05) is 19.7 Å². The zero-order valence-electron chi connectivity index (χ0n) is 8.05. The molecule has 1 rings (SSSR count). The van der Waals surface area contributed by atoms with Gasteiger partial charge >= 0.3 is 0 Å². The van der Waals surface area contributed by atoms with Crippen LogP contribution in [0.1, 0.15) is 19.3 Å². The van der Waals surface area contributed by atoms with Crippen LogP contribution in [0.4, 0.5) is 0 Å². The molecule has 0 spiro atoms. The summed E-state index contributed by atoms with van der Waals surface area (Å²) in [7, 11) is 0. The summed E-state index contributed by atoms with van der Waals surface area (Å²) < 4.78 is 0. The molecule has 1 saturated carbocycles. The Labute approximate surface area is 83.1 Å². The molecule has 1 fully saturated rings. The van der Waals surface area contributed by atoms with E-state index >= 15 is 0 Å². The highest BCUT2D eigenvalue weighted by atomic mass is 16.3. The van der Waals surface area contributed by atoms with Crippen LogP contribution in [-0.4, -0.2) is 36.2 Å². The standard InChI is InChI=1S/C9H15N3O2/c10-4-1-5-11-8(14)6-12-9(7-13)2-3-9/h12-13H,1-3,5-7H2,(H,11,14). The van der Waals surface area contributed by atoms with Crippen LogP contribution < -0.4 is 10.6 Å². The highest BCUT2D eigenvalue weighted by Gasteiger charge is 2.41. The predicted molar refractivity (Wildman–Crippen MR) is 50.3 cm³/mol. The second-order valence-corrected chi connectivity index (χ2v) is 3.55. The molecule has 0 aliphatic heterocycles. The van der Waals surface area contributed by atoms with Gasteiger partial charge in [0, 0.05) is 12.1 Å². The smallest absolute Gasteiger partial charge is 0.234 e. The SMILES string of the molecule is N#CCCNC(=O)CNC1(CO)CC1. The number of nitriles is 1. The van der Waals surface area contributed by atoms with Gasteiger partial charge in [-0.2, -0.15) is 5.26 Å². The van der Waals surface area contributed by atoms with Gasteiger partial charge in [0.2, 0.25) is 5.91 Å². The fourth-order valence-corrected chi connectivity index (χ4v) is 1.13. The lowest BCUT2D eigenvalue weighted by atomic mass is 10.3. The van der Waals surface area contributed by atoms with E-state index in [0.717, 1.165) is 12.8 Å². The largest absolute Gasteiger partial charge is 0.394 e. The quantitative estimate of drug-likeness (QED) is 0.483. The van der Waals surface area contributed by atoms with E-state index < -0.39 is 0 Å². The number of aliphatic hydroxyl groups excluding tert-OH is 1. The topological polar surface area (TPSA) is 85.2 Å². The van der Waals surface area contributed by atoms with E-state index in [9.17, 15) is 4.79 Å². The van der Waals surface area contributed by atoms with Crippen molar-refractivity contribution >= 4 is 5.91 Å². The van der Waals surface area contributed by atoms with Gasteiger partial charge in [-0.05, 0) is 12.8 Å². The molecule has 5 nitrogen and oxygen atoms in total. The monoisotopic (exact) mass is 197 g/mol. The van der Waals surface area contributed by atoms with Crippen LogP contribution in [-0.2, 0) is 4.79 Å². The minimum Gasteiger partial charge on any atom is -0.394 e. The first-order valence-electron chi connectivity index (χ1n) is 4.72. The van der Waals surface area contributed by atoms with Gasteiger partial charge in [0.25, 0.3) is 0 Å². The summed E-state index contributed by atoms with van der Waals surface area (Å²) in [5, 5.41) is 22.8. The molecule has 5 heteroatoms. The summed E-state index contributed by atoms with van der Waals surface area (Å²) in [6, 6.07) is 1.94. The molecule has 0 heterocycles. The molecule has 14 heavy (non-hydrogen) atoms. The maximum Gasteiger partial charge on any atom is 0.234 e. The van der Waals surface area contributed by atoms with Crippen molar-refractivity contribution in [3.8, 4) is 6.07 Å². The second-order valence-electron chi connectivity index (χ2n) is 3.55. The Hall–Kier alpha value is -1.12. The first-order chi connectivity index (χ1) is 6.72. The van der Waals surface area contributed by atoms with Crippen LogP contribution in [0.25, 0.3) is 0 Å². The van der Waals surface area contributed by atoms with Gasteiger partial charge in [0.1, 0.15) is 0 Å². The Balaban J connectivity index is 2.07. The van der Waals surface area contributed by atoms with E-state index in [1.165, 1.54) is 0 Å². The molecule has 0 aromatic heterocycles. The number of hydrogen-bond acceptors (Lipinski definition) is 4. The number of carbonyl (C=O) groups excluding carboxylic acids is 1. The van der Waals surface area contributed by atoms with E-state index in [1.807, 2.05) is 6.07 Å². The molecular formula is C9H15N3O2. The third kappa shape index (κ3) is 3.32. The van der Waals surface area contributed by atoms with Crippen molar-refractivity contribution in [2.45, 2.75) is 24.8 Å². The fraction of sp³-hybridized carbons (Fsp3) is 0.778. The third-order valence-corrected chi connectivity index (χ3v) is 2.34. The Morgan fingerprint density at radius 2 is 2.29 bits per heavy atom. The van der Waals surface area contributed by atoms with Gasteiger partial charge in [0.15, 0.2) is 0 Å². The van der Waals surface area contributed by atoms with Gasteiger partial charge in [-0.3, -0.25) is 4.79 Å². The molecule has 0 atom stereocenters. The van der Waals surface area contributed by atoms with Crippen molar-refractivity contribution < 1.29 is 9.90 Å². The minimum absolute atomic E-state index is 0.0818. The summed E-state index contributed by atoms with van der Waals surface area (Å²) in [5.74, 6) is -0.125. The fourth-order valence-electron chi connectivity index (χ4n) is 1.13. The van der Waals surface area contributed by atoms with Gasteiger partial charge in [-0.15, -0.1) is 0 Å². The molecule has 1 amide bonds. The summed E-state index contributed by atoms with van der Waals surface area (Å²) >= 11 is 0. The van der Waals surface area contributed by atoms with Gasteiger partial charge in [-0.25, -0.2) is 0 Å². The predicted octanol–water partition coefficient (Wildman–Crippen LogP) is -0.869. The van der Waals surface area contributed by atoms with Crippen LogP contribution in [0.2, 0.25) is 0 Å². The Morgan fingerprint density at radius 1 is 1.57 bits per heavy atom. The van der Waals surface area contributed by atoms with Gasteiger partial charge < -0.3 is 15.7 Å². The number of nitrogens with zero attached hydrogens (tertiary/aromatic N) is 1. The number of rotatable bonds is 6. The Morgan fingerprint density at radius 3 is 2.79 bits per heavy atom. The molecular weight excluding hydrogens is 182 g/mol. The number of nitrogens with one attached hydrogen (secondary N) is 2. The van der Waals surface area contributed by atoms with E-state index in [0.29, 0.717) is 13.0 Å². The van der Waals surface area contributed by atoms with Crippen LogP contribution in [0.15, 0.2) is 0 Å².